The monoisotopic (exact) mass is 333 g/mol. The first-order valence-electron chi connectivity index (χ1n) is 8.01. The Balaban J connectivity index is 1.61. The lowest BCUT2D eigenvalue weighted by atomic mass is 10.1. The van der Waals surface area contributed by atoms with Gasteiger partial charge in [0, 0.05) is 18.8 Å². The maximum Gasteiger partial charge on any atom is 0.270 e. The molecule has 3 aromatic rings. The highest BCUT2D eigenvalue weighted by Crippen LogP contribution is 2.10. The van der Waals surface area contributed by atoms with Gasteiger partial charge in [0.2, 0.25) is 0 Å². The van der Waals surface area contributed by atoms with Crippen molar-refractivity contribution in [2.24, 2.45) is 0 Å². The van der Waals surface area contributed by atoms with E-state index in [2.05, 4.69) is 44.6 Å². The third-order valence-corrected chi connectivity index (χ3v) is 3.78. The van der Waals surface area contributed by atoms with Crippen molar-refractivity contribution in [3.05, 3.63) is 83.6 Å². The molecule has 2 heterocycles. The topological polar surface area (TPSA) is 79.8 Å². The molecule has 0 radical (unpaired) electrons. The summed E-state index contributed by atoms with van der Waals surface area (Å²) in [6.45, 7) is 3.06. The van der Waals surface area contributed by atoms with Crippen molar-refractivity contribution in [2.45, 2.75) is 20.0 Å². The summed E-state index contributed by atoms with van der Waals surface area (Å²) in [4.78, 5) is 24.6. The van der Waals surface area contributed by atoms with Gasteiger partial charge in [0.1, 0.15) is 17.8 Å². The summed E-state index contributed by atoms with van der Waals surface area (Å²) >= 11 is 0. The molecular weight excluding hydrogens is 314 g/mol. The first-order chi connectivity index (χ1) is 12.2. The van der Waals surface area contributed by atoms with Crippen LogP contribution in [0.25, 0.3) is 0 Å². The smallest absolute Gasteiger partial charge is 0.270 e. The van der Waals surface area contributed by atoms with E-state index in [4.69, 9.17) is 0 Å². The molecule has 6 heteroatoms. The zero-order valence-electron chi connectivity index (χ0n) is 13.9. The number of carbonyl (C=O) groups excluding carboxylic acids is 1. The number of anilines is 1. The summed E-state index contributed by atoms with van der Waals surface area (Å²) in [5.41, 5.74) is 3.50. The van der Waals surface area contributed by atoms with Gasteiger partial charge >= 0.3 is 0 Å². The second kappa shape index (κ2) is 8.01. The Hall–Kier alpha value is -3.28. The van der Waals surface area contributed by atoms with Gasteiger partial charge in [-0.3, -0.25) is 9.78 Å². The van der Waals surface area contributed by atoms with Crippen LogP contribution in [0.2, 0.25) is 0 Å². The Kier molecular flexibility index (Phi) is 5.31. The maximum absolute atomic E-state index is 12.2. The number of aryl methyl sites for hydroxylation is 1. The summed E-state index contributed by atoms with van der Waals surface area (Å²) in [6, 6.07) is 15.3. The number of benzene rings is 1. The van der Waals surface area contributed by atoms with Crippen LogP contribution in [0.1, 0.15) is 27.3 Å². The Labute approximate surface area is 146 Å². The molecule has 2 N–H and O–H groups in total. The van der Waals surface area contributed by atoms with Crippen LogP contribution >= 0.6 is 0 Å². The second-order valence-electron chi connectivity index (χ2n) is 5.57. The van der Waals surface area contributed by atoms with Crippen LogP contribution in [0.5, 0.6) is 0 Å². The lowest BCUT2D eigenvalue weighted by Crippen LogP contribution is -2.24. The van der Waals surface area contributed by atoms with Crippen molar-refractivity contribution in [3.63, 3.8) is 0 Å². The third kappa shape index (κ3) is 4.60. The number of rotatable bonds is 6. The second-order valence-corrected chi connectivity index (χ2v) is 5.57. The normalized spacial score (nSPS) is 10.3. The van der Waals surface area contributed by atoms with E-state index in [-0.39, 0.29) is 5.91 Å². The Morgan fingerprint density at radius 1 is 1.00 bits per heavy atom. The number of hydrogen-bond acceptors (Lipinski definition) is 5. The third-order valence-electron chi connectivity index (χ3n) is 3.78. The van der Waals surface area contributed by atoms with Crippen molar-refractivity contribution >= 4 is 11.7 Å². The van der Waals surface area contributed by atoms with Crippen LogP contribution in [-0.2, 0) is 13.1 Å². The molecule has 0 saturated heterocycles. The predicted octanol–water partition coefficient (Wildman–Crippen LogP) is 2.72. The highest BCUT2D eigenvalue weighted by molar-refractivity contribution is 5.92. The van der Waals surface area contributed by atoms with Gasteiger partial charge in [-0.1, -0.05) is 30.3 Å². The molecule has 0 fully saturated rings. The van der Waals surface area contributed by atoms with E-state index in [0.29, 0.717) is 24.6 Å². The summed E-state index contributed by atoms with van der Waals surface area (Å²) in [7, 11) is 0. The molecule has 0 spiro atoms. The molecular formula is C19H19N5O. The molecule has 1 aromatic carbocycles. The zero-order valence-corrected chi connectivity index (χ0v) is 13.9. The molecule has 1 amide bonds. The van der Waals surface area contributed by atoms with E-state index in [0.717, 1.165) is 5.69 Å². The fourth-order valence-corrected chi connectivity index (χ4v) is 2.34. The summed E-state index contributed by atoms with van der Waals surface area (Å²) < 4.78 is 0. The van der Waals surface area contributed by atoms with Crippen LogP contribution in [0.15, 0.2) is 61.1 Å². The minimum Gasteiger partial charge on any atom is -0.366 e. The minimum atomic E-state index is -0.257. The van der Waals surface area contributed by atoms with Gasteiger partial charge in [-0.25, -0.2) is 9.97 Å². The van der Waals surface area contributed by atoms with Crippen molar-refractivity contribution in [1.82, 2.24) is 20.3 Å². The van der Waals surface area contributed by atoms with Gasteiger partial charge in [0.05, 0.1) is 12.2 Å². The van der Waals surface area contributed by atoms with Crippen LogP contribution in [0, 0.1) is 6.92 Å². The fourth-order valence-electron chi connectivity index (χ4n) is 2.34. The van der Waals surface area contributed by atoms with Crippen molar-refractivity contribution < 1.29 is 4.79 Å². The van der Waals surface area contributed by atoms with Crippen LogP contribution in [-0.4, -0.2) is 20.9 Å². The number of nitrogens with one attached hydrogen (secondary N) is 2. The van der Waals surface area contributed by atoms with Crippen molar-refractivity contribution in [2.75, 3.05) is 5.32 Å². The molecule has 0 atom stereocenters. The average molecular weight is 333 g/mol. The van der Waals surface area contributed by atoms with Gasteiger partial charge in [-0.15, -0.1) is 0 Å². The van der Waals surface area contributed by atoms with E-state index >= 15 is 0 Å². The molecule has 25 heavy (non-hydrogen) atoms. The van der Waals surface area contributed by atoms with E-state index in [9.17, 15) is 4.79 Å². The molecule has 0 bridgehead atoms. The molecule has 0 unspecified atom stereocenters. The highest BCUT2D eigenvalue weighted by Gasteiger charge is 2.09. The summed E-state index contributed by atoms with van der Waals surface area (Å²) in [5, 5.41) is 6.03. The SMILES string of the molecule is Cc1ccccc1CNc1cc(C(=O)NCc2ccccn2)ncn1. The van der Waals surface area contributed by atoms with Gasteiger partial charge < -0.3 is 10.6 Å². The number of aromatic nitrogens is 3. The Bertz CT molecular complexity index is 851. The van der Waals surface area contributed by atoms with Crippen LogP contribution < -0.4 is 10.6 Å². The standard InChI is InChI=1S/C19H19N5O/c1-14-6-2-3-7-15(14)11-21-18-10-17(23-13-24-18)19(25)22-12-16-8-4-5-9-20-16/h2-10,13H,11-12H2,1H3,(H,22,25)(H,21,23,24). The van der Waals surface area contributed by atoms with Gasteiger partial charge in [-0.05, 0) is 30.2 Å². The molecule has 0 aliphatic heterocycles. The molecule has 0 saturated carbocycles. The Morgan fingerprint density at radius 2 is 1.84 bits per heavy atom. The average Bonchev–Trinajstić information content (AvgIpc) is 2.66. The number of carbonyl (C=O) groups is 1. The first kappa shape index (κ1) is 16.6. The van der Waals surface area contributed by atoms with Crippen LogP contribution in [0.3, 0.4) is 0 Å². The highest BCUT2D eigenvalue weighted by atomic mass is 16.1. The number of amides is 1. The van der Waals surface area contributed by atoms with E-state index < -0.39 is 0 Å². The number of nitrogens with zero attached hydrogens (tertiary/aromatic N) is 3. The maximum atomic E-state index is 12.2. The van der Waals surface area contributed by atoms with E-state index in [1.807, 2.05) is 30.3 Å². The molecule has 2 aromatic heterocycles. The first-order valence-corrected chi connectivity index (χ1v) is 8.01. The number of pyridine rings is 1. The van der Waals surface area contributed by atoms with E-state index in [1.165, 1.54) is 17.5 Å². The molecule has 0 aliphatic rings. The van der Waals surface area contributed by atoms with Crippen molar-refractivity contribution in [3.8, 4) is 0 Å². The van der Waals surface area contributed by atoms with Gasteiger partial charge in [0.15, 0.2) is 0 Å². The lowest BCUT2D eigenvalue weighted by molar-refractivity contribution is 0.0945. The molecule has 0 aliphatic carbocycles. The quantitative estimate of drug-likeness (QED) is 0.725. The lowest BCUT2D eigenvalue weighted by Gasteiger charge is -2.09. The minimum absolute atomic E-state index is 0.257. The fraction of sp³-hybridized carbons (Fsp3) is 0.158. The van der Waals surface area contributed by atoms with E-state index in [1.54, 1.807) is 12.3 Å². The molecule has 3 rings (SSSR count). The van der Waals surface area contributed by atoms with Crippen molar-refractivity contribution in [1.29, 1.82) is 0 Å². The molecule has 126 valence electrons. The van der Waals surface area contributed by atoms with Gasteiger partial charge in [0.25, 0.3) is 5.91 Å². The summed E-state index contributed by atoms with van der Waals surface area (Å²) in [6.07, 6.45) is 3.08. The summed E-state index contributed by atoms with van der Waals surface area (Å²) in [5.74, 6) is 0.355. The Morgan fingerprint density at radius 3 is 2.64 bits per heavy atom. The zero-order chi connectivity index (χ0) is 17.5. The number of hydrogen-bond donors (Lipinski definition) is 2. The van der Waals surface area contributed by atoms with Crippen LogP contribution in [0.4, 0.5) is 5.82 Å². The van der Waals surface area contributed by atoms with Gasteiger partial charge in [-0.2, -0.15) is 0 Å². The predicted molar refractivity (Wildman–Crippen MR) is 95.9 cm³/mol. The largest absolute Gasteiger partial charge is 0.366 e. The molecule has 6 nitrogen and oxygen atoms in total.